The third-order valence-corrected chi connectivity index (χ3v) is 2.46. The molecule has 0 bridgehead atoms. The van der Waals surface area contributed by atoms with Crippen molar-refractivity contribution in [3.8, 4) is 0 Å². The molecule has 18 heavy (non-hydrogen) atoms. The van der Waals surface area contributed by atoms with Crippen molar-refractivity contribution >= 4 is 17.7 Å². The lowest BCUT2D eigenvalue weighted by Crippen LogP contribution is -2.29. The molecule has 0 fully saturated rings. The summed E-state index contributed by atoms with van der Waals surface area (Å²) in [7, 11) is 5.30. The van der Waals surface area contributed by atoms with Crippen molar-refractivity contribution in [3.05, 3.63) is 23.9 Å². The lowest BCUT2D eigenvalue weighted by atomic mass is 10.2. The highest BCUT2D eigenvalue weighted by Gasteiger charge is 2.13. The SMILES string of the molecule is CN(CCC(=O)O)C(=O)c1ccc(N(C)C)nc1. The minimum Gasteiger partial charge on any atom is -0.481 e. The Hall–Kier alpha value is -2.11. The van der Waals surface area contributed by atoms with Crippen LogP contribution < -0.4 is 4.90 Å². The van der Waals surface area contributed by atoms with Crippen molar-refractivity contribution in [2.24, 2.45) is 0 Å². The first-order valence-electron chi connectivity index (χ1n) is 5.52. The average molecular weight is 251 g/mol. The van der Waals surface area contributed by atoms with Crippen LogP contribution in [0.4, 0.5) is 5.82 Å². The van der Waals surface area contributed by atoms with Gasteiger partial charge in [0.2, 0.25) is 0 Å². The third-order valence-electron chi connectivity index (χ3n) is 2.46. The predicted molar refractivity (Wildman–Crippen MR) is 67.8 cm³/mol. The van der Waals surface area contributed by atoms with Gasteiger partial charge in [0.15, 0.2) is 0 Å². The number of nitrogens with zero attached hydrogens (tertiary/aromatic N) is 3. The Bertz CT molecular complexity index is 429. The van der Waals surface area contributed by atoms with Crippen molar-refractivity contribution in [1.29, 1.82) is 0 Å². The normalized spacial score (nSPS) is 9.94. The zero-order chi connectivity index (χ0) is 13.7. The summed E-state index contributed by atoms with van der Waals surface area (Å²) in [5.74, 6) is -0.385. The van der Waals surface area contributed by atoms with Crippen molar-refractivity contribution in [1.82, 2.24) is 9.88 Å². The number of amides is 1. The molecule has 6 heteroatoms. The van der Waals surface area contributed by atoms with Crippen LogP contribution in [0.2, 0.25) is 0 Å². The Kier molecular flexibility index (Phi) is 4.65. The number of aliphatic carboxylic acids is 1. The molecule has 0 aliphatic rings. The maximum atomic E-state index is 11.9. The summed E-state index contributed by atoms with van der Waals surface area (Å²) in [5.41, 5.74) is 0.452. The molecule has 0 atom stereocenters. The van der Waals surface area contributed by atoms with Crippen LogP contribution in [0.25, 0.3) is 0 Å². The van der Waals surface area contributed by atoms with Crippen molar-refractivity contribution in [2.75, 3.05) is 32.6 Å². The molecule has 1 rings (SSSR count). The maximum absolute atomic E-state index is 11.9. The Morgan fingerprint density at radius 2 is 1.94 bits per heavy atom. The highest BCUT2D eigenvalue weighted by atomic mass is 16.4. The van der Waals surface area contributed by atoms with Gasteiger partial charge in [-0.15, -0.1) is 0 Å². The summed E-state index contributed by atoms with van der Waals surface area (Å²) in [4.78, 5) is 29.7. The molecule has 0 spiro atoms. The average Bonchev–Trinajstić information content (AvgIpc) is 2.35. The van der Waals surface area contributed by atoms with E-state index in [4.69, 9.17) is 5.11 Å². The molecule has 1 aromatic rings. The lowest BCUT2D eigenvalue weighted by Gasteiger charge is -2.16. The number of rotatable bonds is 5. The van der Waals surface area contributed by atoms with Crippen LogP contribution in [0.1, 0.15) is 16.8 Å². The zero-order valence-corrected chi connectivity index (χ0v) is 10.8. The van der Waals surface area contributed by atoms with Crippen LogP contribution in [0, 0.1) is 0 Å². The van der Waals surface area contributed by atoms with Crippen molar-refractivity contribution in [3.63, 3.8) is 0 Å². The van der Waals surface area contributed by atoms with E-state index in [0.717, 1.165) is 5.82 Å². The Morgan fingerprint density at radius 1 is 1.28 bits per heavy atom. The molecule has 0 aliphatic heterocycles. The second-order valence-electron chi connectivity index (χ2n) is 4.17. The number of anilines is 1. The summed E-state index contributed by atoms with van der Waals surface area (Å²) in [6.45, 7) is 0.184. The number of hydrogen-bond donors (Lipinski definition) is 1. The zero-order valence-electron chi connectivity index (χ0n) is 10.8. The van der Waals surface area contributed by atoms with Crippen LogP contribution in [-0.4, -0.2) is 54.6 Å². The highest BCUT2D eigenvalue weighted by Crippen LogP contribution is 2.09. The molecule has 0 saturated carbocycles. The second-order valence-corrected chi connectivity index (χ2v) is 4.17. The molecule has 0 unspecified atom stereocenters. The first-order chi connectivity index (χ1) is 8.41. The van der Waals surface area contributed by atoms with Gasteiger partial charge in [0, 0.05) is 33.9 Å². The largest absolute Gasteiger partial charge is 0.481 e. The standard InChI is InChI=1S/C12H17N3O3/c1-14(2)10-5-4-9(8-13-10)12(18)15(3)7-6-11(16)17/h4-5,8H,6-7H2,1-3H3,(H,16,17). The molecule has 0 aromatic carbocycles. The van der Waals surface area contributed by atoms with Gasteiger partial charge < -0.3 is 14.9 Å². The smallest absolute Gasteiger partial charge is 0.305 e. The minimum atomic E-state index is -0.921. The van der Waals surface area contributed by atoms with E-state index in [2.05, 4.69) is 4.98 Å². The van der Waals surface area contributed by atoms with E-state index in [9.17, 15) is 9.59 Å². The molecule has 1 aromatic heterocycles. The molecule has 98 valence electrons. The van der Waals surface area contributed by atoms with E-state index < -0.39 is 5.97 Å². The minimum absolute atomic E-state index is 0.0640. The first kappa shape index (κ1) is 14.0. The van der Waals surface area contributed by atoms with E-state index >= 15 is 0 Å². The molecule has 1 heterocycles. The number of hydrogen-bond acceptors (Lipinski definition) is 4. The molecular weight excluding hydrogens is 234 g/mol. The predicted octanol–water partition coefficient (Wildman–Crippen LogP) is 0.694. The number of carboxylic acids is 1. The van der Waals surface area contributed by atoms with Crippen LogP contribution in [0.3, 0.4) is 0 Å². The number of carbonyl (C=O) groups excluding carboxylic acids is 1. The third kappa shape index (κ3) is 3.73. The highest BCUT2D eigenvalue weighted by molar-refractivity contribution is 5.94. The van der Waals surface area contributed by atoms with Crippen LogP contribution >= 0.6 is 0 Å². The Balaban J connectivity index is 2.68. The van der Waals surface area contributed by atoms with Gasteiger partial charge in [0.25, 0.3) is 5.91 Å². The van der Waals surface area contributed by atoms with Crippen LogP contribution in [0.5, 0.6) is 0 Å². The summed E-state index contributed by atoms with van der Waals surface area (Å²) in [6.07, 6.45) is 1.43. The van der Waals surface area contributed by atoms with Gasteiger partial charge in [0.05, 0.1) is 12.0 Å². The molecule has 0 saturated heterocycles. The van der Waals surface area contributed by atoms with E-state index in [-0.39, 0.29) is 18.9 Å². The van der Waals surface area contributed by atoms with Gasteiger partial charge in [-0.3, -0.25) is 9.59 Å². The summed E-state index contributed by atoms with van der Waals surface area (Å²) < 4.78 is 0. The maximum Gasteiger partial charge on any atom is 0.305 e. The molecule has 6 nitrogen and oxygen atoms in total. The number of carboxylic acid groups (broad SMARTS) is 1. The second kappa shape index (κ2) is 6.00. The van der Waals surface area contributed by atoms with E-state index in [1.54, 1.807) is 19.2 Å². The number of aromatic nitrogens is 1. The topological polar surface area (TPSA) is 73.7 Å². The van der Waals surface area contributed by atoms with E-state index in [1.165, 1.54) is 11.1 Å². The van der Waals surface area contributed by atoms with E-state index in [0.29, 0.717) is 5.56 Å². The fourth-order valence-corrected chi connectivity index (χ4v) is 1.36. The number of carbonyl (C=O) groups is 2. The molecule has 1 amide bonds. The fourth-order valence-electron chi connectivity index (χ4n) is 1.36. The van der Waals surface area contributed by atoms with Gasteiger partial charge in [-0.05, 0) is 12.1 Å². The van der Waals surface area contributed by atoms with Gasteiger partial charge in [-0.1, -0.05) is 0 Å². The molecule has 1 N–H and O–H groups in total. The van der Waals surface area contributed by atoms with Crippen LogP contribution in [-0.2, 0) is 4.79 Å². The number of pyridine rings is 1. The Morgan fingerprint density at radius 3 is 2.39 bits per heavy atom. The lowest BCUT2D eigenvalue weighted by molar-refractivity contribution is -0.137. The summed E-state index contributed by atoms with van der Waals surface area (Å²) in [6, 6.07) is 3.43. The molecule has 0 radical (unpaired) electrons. The summed E-state index contributed by atoms with van der Waals surface area (Å²) in [5, 5.41) is 8.56. The van der Waals surface area contributed by atoms with Gasteiger partial charge in [0.1, 0.15) is 5.82 Å². The molecular formula is C12H17N3O3. The summed E-state index contributed by atoms with van der Waals surface area (Å²) >= 11 is 0. The fraction of sp³-hybridized carbons (Fsp3) is 0.417. The van der Waals surface area contributed by atoms with Gasteiger partial charge >= 0.3 is 5.97 Å². The molecule has 0 aliphatic carbocycles. The van der Waals surface area contributed by atoms with Gasteiger partial charge in [-0.2, -0.15) is 0 Å². The van der Waals surface area contributed by atoms with Gasteiger partial charge in [-0.25, -0.2) is 4.98 Å². The monoisotopic (exact) mass is 251 g/mol. The quantitative estimate of drug-likeness (QED) is 0.833. The van der Waals surface area contributed by atoms with E-state index in [1.807, 2.05) is 19.0 Å². The van der Waals surface area contributed by atoms with Crippen LogP contribution in [0.15, 0.2) is 18.3 Å². The first-order valence-corrected chi connectivity index (χ1v) is 5.52. The Labute approximate surface area is 106 Å². The van der Waals surface area contributed by atoms with Crippen molar-refractivity contribution < 1.29 is 14.7 Å². The van der Waals surface area contributed by atoms with Crippen molar-refractivity contribution in [2.45, 2.75) is 6.42 Å².